The molecular weight excluding hydrogens is 463 g/mol. The zero-order chi connectivity index (χ0) is 22.9. The Morgan fingerprint density at radius 1 is 1.23 bits per heavy atom. The van der Waals surface area contributed by atoms with Crippen LogP contribution >= 0.6 is 23.2 Å². The maximum atomic E-state index is 12.9. The Morgan fingerprint density at radius 2 is 1.87 bits per heavy atom. The first-order valence-corrected chi connectivity index (χ1v) is 11.9. The Morgan fingerprint density at radius 3 is 2.45 bits per heavy atom. The molecule has 2 N–H and O–H groups in total. The van der Waals surface area contributed by atoms with Gasteiger partial charge < -0.3 is 15.2 Å². The van der Waals surface area contributed by atoms with Crippen LogP contribution in [-0.2, 0) is 28.4 Å². The van der Waals surface area contributed by atoms with Crippen LogP contribution in [0.4, 0.5) is 0 Å². The second kappa shape index (κ2) is 9.20. The van der Waals surface area contributed by atoms with Gasteiger partial charge in [0.05, 0.1) is 10.0 Å². The van der Waals surface area contributed by atoms with Crippen molar-refractivity contribution in [2.75, 3.05) is 20.1 Å². The van der Waals surface area contributed by atoms with E-state index in [-0.39, 0.29) is 35.5 Å². The van der Waals surface area contributed by atoms with Gasteiger partial charge in [-0.2, -0.15) is 4.31 Å². The second-order valence-corrected chi connectivity index (χ2v) is 10.3. The van der Waals surface area contributed by atoms with Gasteiger partial charge in [0, 0.05) is 45.8 Å². The van der Waals surface area contributed by atoms with Crippen LogP contribution in [0.2, 0.25) is 10.0 Å². The number of hydrogen-bond acceptors (Lipinski definition) is 4. The summed E-state index contributed by atoms with van der Waals surface area (Å²) in [5.74, 6) is -1.05. The van der Waals surface area contributed by atoms with Crippen molar-refractivity contribution in [1.29, 1.82) is 0 Å². The minimum atomic E-state index is -3.78. The van der Waals surface area contributed by atoms with Crippen LogP contribution in [0.25, 0.3) is 0 Å². The van der Waals surface area contributed by atoms with E-state index in [1.54, 1.807) is 31.1 Å². The van der Waals surface area contributed by atoms with E-state index in [4.69, 9.17) is 28.9 Å². The van der Waals surface area contributed by atoms with Gasteiger partial charge >= 0.3 is 0 Å². The quantitative estimate of drug-likeness (QED) is 0.676. The lowest BCUT2D eigenvalue weighted by Gasteiger charge is -2.32. The molecule has 0 spiro atoms. The normalized spacial score (nSPS) is 15.7. The van der Waals surface area contributed by atoms with Gasteiger partial charge in [-0.3, -0.25) is 9.59 Å². The number of hydrogen-bond donors (Lipinski definition) is 1. The van der Waals surface area contributed by atoms with Gasteiger partial charge in [-0.1, -0.05) is 35.3 Å². The fraction of sp³-hybridized carbons (Fsp3) is 0.400. The van der Waals surface area contributed by atoms with Gasteiger partial charge in [0.2, 0.25) is 15.9 Å². The minimum absolute atomic E-state index is 0.0151. The Hall–Kier alpha value is -2.07. The highest BCUT2D eigenvalue weighted by molar-refractivity contribution is 7.89. The molecule has 1 fully saturated rings. The number of aryl methyl sites for hydroxylation is 1. The van der Waals surface area contributed by atoms with Crippen LogP contribution in [0, 0.1) is 5.92 Å². The van der Waals surface area contributed by atoms with Crippen LogP contribution in [0.15, 0.2) is 35.4 Å². The van der Waals surface area contributed by atoms with E-state index in [9.17, 15) is 18.0 Å². The zero-order valence-corrected chi connectivity index (χ0v) is 19.5. The number of benzene rings is 1. The van der Waals surface area contributed by atoms with Gasteiger partial charge in [-0.15, -0.1) is 0 Å². The molecule has 1 aliphatic rings. The summed E-state index contributed by atoms with van der Waals surface area (Å²) in [4.78, 5) is 25.9. The standard InChI is InChI=1S/C20H24Cl2N4O4S/c1-24-12-15(10-17(24)19(23)27)31(29,30)26-8-6-13(7-9-26)20(28)25(2)11-14-4-3-5-16(21)18(14)22/h3-5,10,12-13H,6-9,11H2,1-2H3,(H2,23,27). The number of aromatic nitrogens is 1. The number of halogens is 2. The maximum absolute atomic E-state index is 12.9. The molecule has 31 heavy (non-hydrogen) atoms. The third kappa shape index (κ3) is 4.90. The molecule has 168 valence electrons. The van der Waals surface area contributed by atoms with Gasteiger partial charge in [-0.05, 0) is 30.5 Å². The Kier molecular flexibility index (Phi) is 7.00. The average molecular weight is 487 g/mol. The number of carbonyl (C=O) groups excluding carboxylic acids is 2. The summed E-state index contributed by atoms with van der Waals surface area (Å²) in [6, 6.07) is 6.55. The number of amides is 2. The number of nitrogens with two attached hydrogens (primary N) is 1. The van der Waals surface area contributed by atoms with Crippen molar-refractivity contribution in [3.8, 4) is 0 Å². The second-order valence-electron chi connectivity index (χ2n) is 7.62. The van der Waals surface area contributed by atoms with Gasteiger partial charge in [-0.25, -0.2) is 8.42 Å². The van der Waals surface area contributed by atoms with E-state index in [2.05, 4.69) is 0 Å². The molecule has 3 rings (SSSR count). The highest BCUT2D eigenvalue weighted by Crippen LogP contribution is 2.29. The van der Waals surface area contributed by atoms with E-state index in [1.165, 1.54) is 21.1 Å². The average Bonchev–Trinajstić information content (AvgIpc) is 3.13. The SMILES string of the molecule is CN(Cc1cccc(Cl)c1Cl)C(=O)C1CCN(S(=O)(=O)c2cc(C(N)=O)n(C)c2)CC1. The number of piperidine rings is 1. The van der Waals surface area contributed by atoms with Crippen molar-refractivity contribution in [1.82, 2.24) is 13.8 Å². The van der Waals surface area contributed by atoms with Gasteiger partial charge in [0.1, 0.15) is 10.6 Å². The molecule has 1 saturated heterocycles. The molecule has 0 saturated carbocycles. The summed E-state index contributed by atoms with van der Waals surface area (Å²) in [6.07, 6.45) is 2.18. The maximum Gasteiger partial charge on any atom is 0.265 e. The first kappa shape index (κ1) is 23.6. The fourth-order valence-electron chi connectivity index (χ4n) is 3.73. The Bertz CT molecular complexity index is 1110. The smallest absolute Gasteiger partial charge is 0.265 e. The molecule has 1 aliphatic heterocycles. The number of rotatable bonds is 6. The van der Waals surface area contributed by atoms with Gasteiger partial charge in [0.25, 0.3) is 5.91 Å². The van der Waals surface area contributed by atoms with Crippen LogP contribution in [0.3, 0.4) is 0 Å². The molecule has 11 heteroatoms. The van der Waals surface area contributed by atoms with Crippen LogP contribution < -0.4 is 5.73 Å². The lowest BCUT2D eigenvalue weighted by atomic mass is 9.96. The highest BCUT2D eigenvalue weighted by Gasteiger charge is 2.34. The summed E-state index contributed by atoms with van der Waals surface area (Å²) in [7, 11) is -0.524. The number of carbonyl (C=O) groups is 2. The highest BCUT2D eigenvalue weighted by atomic mass is 35.5. The molecule has 0 unspecified atom stereocenters. The van der Waals surface area contributed by atoms with Crippen molar-refractivity contribution in [3.05, 3.63) is 51.8 Å². The molecular formula is C20H24Cl2N4O4S. The predicted molar refractivity (Wildman–Crippen MR) is 118 cm³/mol. The molecule has 0 atom stereocenters. The predicted octanol–water partition coefficient (Wildman–Crippen LogP) is 2.49. The first-order valence-electron chi connectivity index (χ1n) is 9.66. The van der Waals surface area contributed by atoms with Crippen molar-refractivity contribution in [2.24, 2.45) is 18.7 Å². The van der Waals surface area contributed by atoms with E-state index in [0.717, 1.165) is 5.56 Å². The number of primary amides is 1. The zero-order valence-electron chi connectivity index (χ0n) is 17.2. The van der Waals surface area contributed by atoms with Gasteiger partial charge in [0.15, 0.2) is 0 Å². The first-order chi connectivity index (χ1) is 14.5. The molecule has 0 radical (unpaired) electrons. The molecule has 0 bridgehead atoms. The summed E-state index contributed by atoms with van der Waals surface area (Å²) in [6.45, 7) is 0.743. The van der Waals surface area contributed by atoms with Crippen molar-refractivity contribution in [2.45, 2.75) is 24.3 Å². The summed E-state index contributed by atoms with van der Waals surface area (Å²) in [5.41, 5.74) is 6.14. The molecule has 1 aromatic heterocycles. The molecule has 2 heterocycles. The van der Waals surface area contributed by atoms with E-state index < -0.39 is 15.9 Å². The number of sulfonamides is 1. The largest absolute Gasteiger partial charge is 0.364 e. The third-order valence-corrected chi connectivity index (χ3v) is 8.21. The van der Waals surface area contributed by atoms with E-state index in [1.807, 2.05) is 6.07 Å². The van der Waals surface area contributed by atoms with Crippen LogP contribution in [-0.4, -0.2) is 54.1 Å². The molecule has 2 amide bonds. The van der Waals surface area contributed by atoms with Crippen LogP contribution in [0.1, 0.15) is 28.9 Å². The molecule has 8 nitrogen and oxygen atoms in total. The lowest BCUT2D eigenvalue weighted by Crippen LogP contribution is -2.43. The number of nitrogens with zero attached hydrogens (tertiary/aromatic N) is 3. The minimum Gasteiger partial charge on any atom is -0.364 e. The topological polar surface area (TPSA) is 106 Å². The Balaban J connectivity index is 1.64. The van der Waals surface area contributed by atoms with Crippen molar-refractivity contribution < 1.29 is 18.0 Å². The summed E-state index contributed by atoms with van der Waals surface area (Å²) < 4.78 is 28.6. The third-order valence-electron chi connectivity index (χ3n) is 5.49. The van der Waals surface area contributed by atoms with Crippen molar-refractivity contribution >= 4 is 45.0 Å². The molecule has 0 aliphatic carbocycles. The Labute approximate surface area is 191 Å². The molecule has 2 aromatic rings. The summed E-state index contributed by atoms with van der Waals surface area (Å²) >= 11 is 12.3. The molecule has 1 aromatic carbocycles. The summed E-state index contributed by atoms with van der Waals surface area (Å²) in [5, 5.41) is 0.849. The monoisotopic (exact) mass is 486 g/mol. The van der Waals surface area contributed by atoms with Crippen LogP contribution in [0.5, 0.6) is 0 Å². The van der Waals surface area contributed by atoms with Crippen molar-refractivity contribution in [3.63, 3.8) is 0 Å². The fourth-order valence-corrected chi connectivity index (χ4v) is 5.65. The lowest BCUT2D eigenvalue weighted by molar-refractivity contribution is -0.135. The van der Waals surface area contributed by atoms with E-state index >= 15 is 0 Å². The van der Waals surface area contributed by atoms with E-state index in [0.29, 0.717) is 29.4 Å².